The second kappa shape index (κ2) is 4.79. The van der Waals surface area contributed by atoms with E-state index in [4.69, 9.17) is 4.18 Å². The third-order valence-electron chi connectivity index (χ3n) is 3.67. The van der Waals surface area contributed by atoms with Crippen LogP contribution in [0.4, 0.5) is 0 Å². The number of pyridine rings is 1. The van der Waals surface area contributed by atoms with E-state index in [-0.39, 0.29) is 6.54 Å². The Bertz CT molecular complexity index is 978. The van der Waals surface area contributed by atoms with Crippen molar-refractivity contribution in [2.45, 2.75) is 6.54 Å². The third kappa shape index (κ3) is 2.13. The summed E-state index contributed by atoms with van der Waals surface area (Å²) in [4.78, 5) is 4.34. The quantitative estimate of drug-likeness (QED) is 0.750. The summed E-state index contributed by atoms with van der Waals surface area (Å²) in [5.74, 6) is 0.387. The lowest BCUT2D eigenvalue weighted by Crippen LogP contribution is -2.32. The topological polar surface area (TPSA) is 68.3 Å². The van der Waals surface area contributed by atoms with Crippen molar-refractivity contribution >= 4 is 21.2 Å². The summed E-state index contributed by atoms with van der Waals surface area (Å²) in [5.41, 5.74) is 3.32. The molecule has 1 aliphatic rings. The molecular formula is C16H12N2O3S. The Morgan fingerprint density at radius 1 is 1.00 bits per heavy atom. The van der Waals surface area contributed by atoms with Crippen LogP contribution in [0.3, 0.4) is 0 Å². The standard InChI is InChI=1S/C16H12N2O3S/c19-22(20)18-10-11-4-3-6-14(16(11)21-22)12-8-9-17-15-7-2-1-5-13(12)15/h1-9,18H,10H2. The Morgan fingerprint density at radius 2 is 1.86 bits per heavy atom. The molecule has 1 aliphatic heterocycles. The Labute approximate surface area is 127 Å². The average Bonchev–Trinajstić information content (AvgIpc) is 2.53. The minimum absolute atomic E-state index is 0.231. The summed E-state index contributed by atoms with van der Waals surface area (Å²) < 4.78 is 31.0. The first-order chi connectivity index (χ1) is 10.6. The number of benzene rings is 2. The molecule has 0 fully saturated rings. The molecule has 5 nitrogen and oxygen atoms in total. The van der Waals surface area contributed by atoms with Crippen LogP contribution in [0.15, 0.2) is 54.7 Å². The lowest BCUT2D eigenvalue weighted by molar-refractivity contribution is 0.454. The molecule has 0 radical (unpaired) electrons. The van der Waals surface area contributed by atoms with Crippen molar-refractivity contribution in [3.63, 3.8) is 0 Å². The predicted octanol–water partition coefficient (Wildman–Crippen LogP) is 2.63. The number of hydrogen-bond acceptors (Lipinski definition) is 4. The Hall–Kier alpha value is -2.44. The molecule has 22 heavy (non-hydrogen) atoms. The van der Waals surface area contributed by atoms with Gasteiger partial charge in [0.25, 0.3) is 0 Å². The van der Waals surface area contributed by atoms with Gasteiger partial charge in [0, 0.05) is 29.3 Å². The summed E-state index contributed by atoms with van der Waals surface area (Å²) in [5, 5.41) is 0.956. The highest BCUT2D eigenvalue weighted by molar-refractivity contribution is 7.85. The minimum atomic E-state index is -3.75. The van der Waals surface area contributed by atoms with E-state index in [0.717, 1.165) is 27.6 Å². The summed E-state index contributed by atoms with van der Waals surface area (Å²) in [6.45, 7) is 0.231. The molecule has 3 aromatic rings. The van der Waals surface area contributed by atoms with Crippen LogP contribution in [0, 0.1) is 0 Å². The molecule has 0 amide bonds. The molecule has 0 spiro atoms. The van der Waals surface area contributed by atoms with Crippen LogP contribution in [0.5, 0.6) is 5.75 Å². The van der Waals surface area contributed by atoms with Crippen LogP contribution in [0.25, 0.3) is 22.0 Å². The normalized spacial score (nSPS) is 16.0. The highest BCUT2D eigenvalue weighted by atomic mass is 32.2. The molecule has 6 heteroatoms. The monoisotopic (exact) mass is 312 g/mol. The van der Waals surface area contributed by atoms with Crippen LogP contribution in [0.2, 0.25) is 0 Å². The first kappa shape index (κ1) is 13.2. The molecule has 0 aliphatic carbocycles. The molecule has 0 atom stereocenters. The molecule has 110 valence electrons. The van der Waals surface area contributed by atoms with E-state index < -0.39 is 10.3 Å². The van der Waals surface area contributed by atoms with Crippen LogP contribution in [0.1, 0.15) is 5.56 Å². The van der Waals surface area contributed by atoms with Crippen molar-refractivity contribution in [2.75, 3.05) is 0 Å². The molecule has 2 aromatic carbocycles. The van der Waals surface area contributed by atoms with Crippen LogP contribution in [-0.4, -0.2) is 13.4 Å². The lowest BCUT2D eigenvalue weighted by Gasteiger charge is -2.21. The largest absolute Gasteiger partial charge is 0.382 e. The van der Waals surface area contributed by atoms with E-state index in [1.165, 1.54) is 0 Å². The zero-order valence-electron chi connectivity index (χ0n) is 11.5. The number of rotatable bonds is 1. The lowest BCUT2D eigenvalue weighted by atomic mass is 9.98. The second-order valence-corrected chi connectivity index (χ2v) is 6.39. The zero-order chi connectivity index (χ0) is 15.2. The number of para-hydroxylation sites is 2. The van der Waals surface area contributed by atoms with Gasteiger partial charge in [0.2, 0.25) is 0 Å². The fourth-order valence-electron chi connectivity index (χ4n) is 2.67. The highest BCUT2D eigenvalue weighted by Crippen LogP contribution is 2.38. The zero-order valence-corrected chi connectivity index (χ0v) is 12.3. The minimum Gasteiger partial charge on any atom is -0.370 e. The van der Waals surface area contributed by atoms with Crippen molar-refractivity contribution in [3.8, 4) is 16.9 Å². The summed E-state index contributed by atoms with van der Waals surface area (Å²) >= 11 is 0. The predicted molar refractivity (Wildman–Crippen MR) is 83.6 cm³/mol. The van der Waals surface area contributed by atoms with E-state index in [1.807, 2.05) is 48.5 Å². The van der Waals surface area contributed by atoms with E-state index >= 15 is 0 Å². The number of nitrogens with one attached hydrogen (secondary N) is 1. The van der Waals surface area contributed by atoms with Gasteiger partial charge in [-0.05, 0) is 17.7 Å². The number of fused-ring (bicyclic) bond motifs is 2. The van der Waals surface area contributed by atoms with Gasteiger partial charge in [0.1, 0.15) is 0 Å². The van der Waals surface area contributed by atoms with Gasteiger partial charge in [-0.1, -0.05) is 36.4 Å². The maximum Gasteiger partial charge on any atom is 0.382 e. The average molecular weight is 312 g/mol. The van der Waals surface area contributed by atoms with Gasteiger partial charge in [0.15, 0.2) is 5.75 Å². The maximum atomic E-state index is 11.7. The van der Waals surface area contributed by atoms with Gasteiger partial charge in [-0.15, -0.1) is 0 Å². The smallest absolute Gasteiger partial charge is 0.370 e. The van der Waals surface area contributed by atoms with Gasteiger partial charge in [-0.25, -0.2) is 0 Å². The molecular weight excluding hydrogens is 300 g/mol. The third-order valence-corrected chi connectivity index (χ3v) is 4.55. The SMILES string of the molecule is O=S1(=O)NCc2cccc(-c3ccnc4ccccc34)c2O1. The molecule has 1 aromatic heterocycles. The van der Waals surface area contributed by atoms with Gasteiger partial charge in [-0.2, -0.15) is 13.1 Å². The fraction of sp³-hybridized carbons (Fsp3) is 0.0625. The van der Waals surface area contributed by atoms with E-state index in [1.54, 1.807) is 6.20 Å². The van der Waals surface area contributed by atoms with Gasteiger partial charge >= 0.3 is 10.3 Å². The molecule has 2 heterocycles. The fourth-order valence-corrected chi connectivity index (χ4v) is 3.48. The Balaban J connectivity index is 2.01. The van der Waals surface area contributed by atoms with Crippen molar-refractivity contribution in [2.24, 2.45) is 0 Å². The van der Waals surface area contributed by atoms with Crippen LogP contribution < -0.4 is 8.91 Å². The first-order valence-corrected chi connectivity index (χ1v) is 8.20. The molecule has 0 unspecified atom stereocenters. The van der Waals surface area contributed by atoms with Crippen molar-refractivity contribution in [1.82, 2.24) is 9.71 Å². The van der Waals surface area contributed by atoms with Crippen molar-refractivity contribution < 1.29 is 12.6 Å². The molecule has 0 bridgehead atoms. The van der Waals surface area contributed by atoms with E-state index in [0.29, 0.717) is 5.75 Å². The Morgan fingerprint density at radius 3 is 2.77 bits per heavy atom. The van der Waals surface area contributed by atoms with E-state index in [2.05, 4.69) is 9.71 Å². The number of nitrogens with zero attached hydrogens (tertiary/aromatic N) is 1. The molecule has 0 saturated heterocycles. The highest BCUT2D eigenvalue weighted by Gasteiger charge is 2.25. The summed E-state index contributed by atoms with van der Waals surface area (Å²) in [7, 11) is -3.75. The van der Waals surface area contributed by atoms with Crippen molar-refractivity contribution in [3.05, 3.63) is 60.3 Å². The molecule has 0 saturated carbocycles. The summed E-state index contributed by atoms with van der Waals surface area (Å²) in [6, 6.07) is 15.2. The number of aromatic nitrogens is 1. The summed E-state index contributed by atoms with van der Waals surface area (Å²) in [6.07, 6.45) is 1.71. The Kier molecular flexibility index (Phi) is 2.88. The second-order valence-electron chi connectivity index (χ2n) is 5.03. The van der Waals surface area contributed by atoms with Gasteiger partial charge < -0.3 is 4.18 Å². The van der Waals surface area contributed by atoms with Crippen LogP contribution in [-0.2, 0) is 16.8 Å². The van der Waals surface area contributed by atoms with E-state index in [9.17, 15) is 8.42 Å². The van der Waals surface area contributed by atoms with Crippen molar-refractivity contribution in [1.29, 1.82) is 0 Å². The van der Waals surface area contributed by atoms with Gasteiger partial charge in [-0.3, -0.25) is 4.98 Å². The molecule has 4 rings (SSSR count). The van der Waals surface area contributed by atoms with Gasteiger partial charge in [0.05, 0.1) is 5.52 Å². The maximum absolute atomic E-state index is 11.7. The number of hydrogen-bond donors (Lipinski definition) is 1. The first-order valence-electron chi connectivity index (χ1n) is 6.79. The van der Waals surface area contributed by atoms with Crippen LogP contribution >= 0.6 is 0 Å². The molecule has 1 N–H and O–H groups in total.